The topological polar surface area (TPSA) is 21.3 Å². The molecule has 1 saturated heterocycles. The van der Waals surface area contributed by atoms with Crippen molar-refractivity contribution in [2.45, 2.75) is 26.3 Å². The fourth-order valence-corrected chi connectivity index (χ4v) is 1.49. The molecule has 1 aliphatic rings. The first-order chi connectivity index (χ1) is 5.84. The maximum absolute atomic E-state index is 5.33. The van der Waals surface area contributed by atoms with Gasteiger partial charge < -0.3 is 10.1 Å². The Morgan fingerprint density at radius 1 is 1.67 bits per heavy atom. The summed E-state index contributed by atoms with van der Waals surface area (Å²) >= 11 is 0. The first-order valence-electron chi connectivity index (χ1n) is 4.77. The molecule has 1 rings (SSSR count). The van der Waals surface area contributed by atoms with Gasteiger partial charge in [0.05, 0.1) is 6.61 Å². The maximum Gasteiger partial charge on any atom is 0.0509 e. The van der Waals surface area contributed by atoms with Gasteiger partial charge in [-0.15, -0.1) is 0 Å². The van der Waals surface area contributed by atoms with Crippen LogP contribution in [0.4, 0.5) is 0 Å². The van der Waals surface area contributed by atoms with Crippen LogP contribution in [0.25, 0.3) is 0 Å². The highest BCUT2D eigenvalue weighted by molar-refractivity contribution is 4.83. The minimum atomic E-state index is 0.587. The molecule has 0 aromatic heterocycles. The van der Waals surface area contributed by atoms with E-state index in [-0.39, 0.29) is 0 Å². The Hall–Kier alpha value is -0.340. The van der Waals surface area contributed by atoms with Gasteiger partial charge in [-0.2, -0.15) is 0 Å². The number of rotatable bonds is 4. The first kappa shape index (κ1) is 9.75. The van der Waals surface area contributed by atoms with Crippen LogP contribution >= 0.6 is 0 Å². The van der Waals surface area contributed by atoms with Crippen molar-refractivity contribution in [1.29, 1.82) is 0 Å². The van der Waals surface area contributed by atoms with Crippen LogP contribution in [0, 0.1) is 5.92 Å². The van der Waals surface area contributed by atoms with E-state index in [1.54, 1.807) is 0 Å². The molecule has 0 amide bonds. The van der Waals surface area contributed by atoms with Gasteiger partial charge in [0.25, 0.3) is 0 Å². The van der Waals surface area contributed by atoms with Gasteiger partial charge in [0, 0.05) is 19.2 Å². The van der Waals surface area contributed by atoms with Crippen LogP contribution in [0.1, 0.15) is 20.3 Å². The minimum absolute atomic E-state index is 0.587. The van der Waals surface area contributed by atoms with Crippen molar-refractivity contribution in [3.8, 4) is 0 Å². The van der Waals surface area contributed by atoms with E-state index in [0.717, 1.165) is 25.7 Å². The van der Waals surface area contributed by atoms with Crippen molar-refractivity contribution >= 4 is 0 Å². The third-order valence-electron chi connectivity index (χ3n) is 2.47. The fourth-order valence-electron chi connectivity index (χ4n) is 1.49. The van der Waals surface area contributed by atoms with Gasteiger partial charge in [0.1, 0.15) is 0 Å². The molecular formula is C10H19NO. The number of hydrogen-bond acceptors (Lipinski definition) is 2. The van der Waals surface area contributed by atoms with Crippen molar-refractivity contribution < 1.29 is 4.74 Å². The van der Waals surface area contributed by atoms with Crippen LogP contribution in [-0.2, 0) is 4.74 Å². The third-order valence-corrected chi connectivity index (χ3v) is 2.47. The molecule has 1 heterocycles. The molecular weight excluding hydrogens is 150 g/mol. The number of nitrogens with one attached hydrogen (secondary N) is 1. The second kappa shape index (κ2) is 5.33. The summed E-state index contributed by atoms with van der Waals surface area (Å²) in [6.07, 6.45) is 5.43. The minimum Gasteiger partial charge on any atom is -0.381 e. The quantitative estimate of drug-likeness (QED) is 0.645. The molecule has 0 aliphatic carbocycles. The lowest BCUT2D eigenvalue weighted by Gasteiger charge is -2.17. The Labute approximate surface area is 75.0 Å². The lowest BCUT2D eigenvalue weighted by atomic mass is 10.0. The summed E-state index contributed by atoms with van der Waals surface area (Å²) in [6.45, 7) is 7.15. The van der Waals surface area contributed by atoms with Crippen molar-refractivity contribution in [1.82, 2.24) is 5.32 Å². The highest BCUT2D eigenvalue weighted by atomic mass is 16.5. The Morgan fingerprint density at radius 2 is 2.50 bits per heavy atom. The van der Waals surface area contributed by atoms with E-state index < -0.39 is 0 Å². The average Bonchev–Trinajstić information content (AvgIpc) is 2.56. The van der Waals surface area contributed by atoms with Gasteiger partial charge in [0.15, 0.2) is 0 Å². The maximum atomic E-state index is 5.33. The summed E-state index contributed by atoms with van der Waals surface area (Å²) in [5, 5.41) is 3.46. The molecule has 0 saturated carbocycles. The molecule has 0 radical (unpaired) electrons. The normalized spacial score (nSPS) is 26.7. The van der Waals surface area contributed by atoms with Crippen LogP contribution in [0.15, 0.2) is 12.2 Å². The summed E-state index contributed by atoms with van der Waals surface area (Å²) < 4.78 is 5.33. The Balaban J connectivity index is 2.13. The van der Waals surface area contributed by atoms with E-state index in [9.17, 15) is 0 Å². The monoisotopic (exact) mass is 169 g/mol. The van der Waals surface area contributed by atoms with E-state index in [4.69, 9.17) is 4.74 Å². The fraction of sp³-hybridized carbons (Fsp3) is 0.800. The van der Waals surface area contributed by atoms with Crippen LogP contribution in [0.3, 0.4) is 0 Å². The Bertz CT molecular complexity index is 139. The summed E-state index contributed by atoms with van der Waals surface area (Å²) in [5.74, 6) is 0.718. The summed E-state index contributed by atoms with van der Waals surface area (Å²) in [6, 6.07) is 0.587. The van der Waals surface area contributed by atoms with Crippen molar-refractivity contribution in [3.05, 3.63) is 12.2 Å². The van der Waals surface area contributed by atoms with Gasteiger partial charge in [0.2, 0.25) is 0 Å². The smallest absolute Gasteiger partial charge is 0.0509 e. The molecule has 2 heteroatoms. The summed E-state index contributed by atoms with van der Waals surface area (Å²) in [4.78, 5) is 0. The van der Waals surface area contributed by atoms with E-state index in [2.05, 4.69) is 24.4 Å². The summed E-state index contributed by atoms with van der Waals surface area (Å²) in [7, 11) is 0. The van der Waals surface area contributed by atoms with Crippen molar-refractivity contribution in [2.24, 2.45) is 5.92 Å². The summed E-state index contributed by atoms with van der Waals surface area (Å²) in [5.41, 5.74) is 0. The Kier molecular flexibility index (Phi) is 4.33. The van der Waals surface area contributed by atoms with Crippen LogP contribution in [0.2, 0.25) is 0 Å². The second-order valence-corrected chi connectivity index (χ2v) is 3.39. The average molecular weight is 169 g/mol. The molecule has 1 aliphatic heterocycles. The second-order valence-electron chi connectivity index (χ2n) is 3.39. The zero-order valence-corrected chi connectivity index (χ0v) is 8.05. The molecule has 0 aromatic rings. The van der Waals surface area contributed by atoms with Gasteiger partial charge in [-0.25, -0.2) is 0 Å². The predicted octanol–water partition coefficient (Wildman–Crippen LogP) is 1.58. The standard InChI is InChI=1S/C10H19NO/c1-3-4-6-11-9(2)10-5-7-12-8-10/h3-4,9-11H,5-8H2,1-2H3/b4-3+. The Morgan fingerprint density at radius 3 is 3.08 bits per heavy atom. The van der Waals surface area contributed by atoms with Crippen LogP contribution in [0.5, 0.6) is 0 Å². The van der Waals surface area contributed by atoms with Gasteiger partial charge in [-0.05, 0) is 26.2 Å². The zero-order chi connectivity index (χ0) is 8.81. The van der Waals surface area contributed by atoms with Crippen molar-refractivity contribution in [2.75, 3.05) is 19.8 Å². The molecule has 1 N–H and O–H groups in total. The third kappa shape index (κ3) is 2.95. The van der Waals surface area contributed by atoms with Crippen LogP contribution in [-0.4, -0.2) is 25.8 Å². The lowest BCUT2D eigenvalue weighted by Crippen LogP contribution is -2.33. The van der Waals surface area contributed by atoms with Gasteiger partial charge in [-0.1, -0.05) is 12.2 Å². The molecule has 70 valence electrons. The molecule has 2 atom stereocenters. The zero-order valence-electron chi connectivity index (χ0n) is 8.05. The SMILES string of the molecule is C/C=C/CNC(C)C1CCOC1. The molecule has 0 spiro atoms. The lowest BCUT2D eigenvalue weighted by molar-refractivity contribution is 0.179. The molecule has 2 unspecified atom stereocenters. The van der Waals surface area contributed by atoms with Crippen LogP contribution < -0.4 is 5.32 Å². The van der Waals surface area contributed by atoms with Gasteiger partial charge >= 0.3 is 0 Å². The molecule has 12 heavy (non-hydrogen) atoms. The number of allylic oxidation sites excluding steroid dienone is 1. The predicted molar refractivity (Wildman–Crippen MR) is 51.2 cm³/mol. The largest absolute Gasteiger partial charge is 0.381 e. The number of ether oxygens (including phenoxy) is 1. The number of hydrogen-bond donors (Lipinski definition) is 1. The van der Waals surface area contributed by atoms with E-state index >= 15 is 0 Å². The molecule has 2 nitrogen and oxygen atoms in total. The van der Waals surface area contributed by atoms with Crippen molar-refractivity contribution in [3.63, 3.8) is 0 Å². The highest BCUT2D eigenvalue weighted by Gasteiger charge is 2.20. The van der Waals surface area contributed by atoms with E-state index in [1.807, 2.05) is 6.92 Å². The van der Waals surface area contributed by atoms with E-state index in [1.165, 1.54) is 6.42 Å². The molecule has 0 aromatic carbocycles. The van der Waals surface area contributed by atoms with E-state index in [0.29, 0.717) is 6.04 Å². The first-order valence-corrected chi connectivity index (χ1v) is 4.77. The molecule has 1 fully saturated rings. The highest BCUT2D eigenvalue weighted by Crippen LogP contribution is 2.15. The van der Waals surface area contributed by atoms with Gasteiger partial charge in [-0.3, -0.25) is 0 Å². The molecule has 0 bridgehead atoms.